The zero-order valence-corrected chi connectivity index (χ0v) is 12.3. The van der Waals surface area contributed by atoms with Crippen molar-refractivity contribution in [3.63, 3.8) is 0 Å². The summed E-state index contributed by atoms with van der Waals surface area (Å²) < 4.78 is 5.59. The summed E-state index contributed by atoms with van der Waals surface area (Å²) >= 11 is 0. The maximum Gasteiger partial charge on any atom is 0.287 e. The number of carbonyl (C=O) groups excluding carboxylic acids is 1. The number of furan rings is 1. The van der Waals surface area contributed by atoms with Crippen LogP contribution in [-0.2, 0) is 0 Å². The highest BCUT2D eigenvalue weighted by atomic mass is 16.3. The highest BCUT2D eigenvalue weighted by Gasteiger charge is 2.36. The Balaban J connectivity index is 1.81. The monoisotopic (exact) mass is 287 g/mol. The Morgan fingerprint density at radius 2 is 2.29 bits per heavy atom. The van der Waals surface area contributed by atoms with Crippen LogP contribution in [0.15, 0.2) is 34.7 Å². The number of para-hydroxylation sites is 1. The molecule has 1 aliphatic rings. The summed E-state index contributed by atoms with van der Waals surface area (Å²) in [6.45, 7) is 2.14. The average molecular weight is 287 g/mol. The Hall–Kier alpha value is -1.81. The molecule has 2 N–H and O–H groups in total. The molecule has 112 valence electrons. The number of aliphatic hydroxyl groups excluding tert-OH is 1. The Labute approximate surface area is 124 Å². The van der Waals surface area contributed by atoms with E-state index in [9.17, 15) is 9.90 Å². The molecule has 4 heteroatoms. The number of carbonyl (C=O) groups is 1. The Bertz CT molecular complexity index is 615. The molecule has 0 saturated heterocycles. The smallest absolute Gasteiger partial charge is 0.287 e. The first kappa shape index (κ1) is 14.1. The van der Waals surface area contributed by atoms with Crippen molar-refractivity contribution in [1.82, 2.24) is 5.32 Å². The fourth-order valence-electron chi connectivity index (χ4n) is 3.35. The lowest BCUT2D eigenvalue weighted by atomic mass is 9.77. The van der Waals surface area contributed by atoms with Gasteiger partial charge in [0.25, 0.3) is 5.91 Å². The van der Waals surface area contributed by atoms with Gasteiger partial charge in [0.05, 0.1) is 12.1 Å². The van der Waals surface area contributed by atoms with Gasteiger partial charge in [-0.3, -0.25) is 4.79 Å². The van der Waals surface area contributed by atoms with E-state index in [2.05, 4.69) is 12.2 Å². The number of fused-ring (bicyclic) bond motifs is 1. The van der Waals surface area contributed by atoms with Gasteiger partial charge in [-0.1, -0.05) is 38.0 Å². The lowest BCUT2D eigenvalue weighted by Crippen LogP contribution is -2.53. The van der Waals surface area contributed by atoms with Crippen LogP contribution >= 0.6 is 0 Å². The van der Waals surface area contributed by atoms with E-state index in [1.165, 1.54) is 0 Å². The van der Waals surface area contributed by atoms with Gasteiger partial charge in [0, 0.05) is 5.39 Å². The highest BCUT2D eigenvalue weighted by Crippen LogP contribution is 2.32. The zero-order chi connectivity index (χ0) is 14.9. The maximum atomic E-state index is 12.4. The van der Waals surface area contributed by atoms with Crippen molar-refractivity contribution in [3.05, 3.63) is 36.1 Å². The molecular weight excluding hydrogens is 266 g/mol. The van der Waals surface area contributed by atoms with Crippen LogP contribution in [0.4, 0.5) is 0 Å². The number of nitrogens with one attached hydrogen (secondary N) is 1. The minimum Gasteiger partial charge on any atom is -0.451 e. The summed E-state index contributed by atoms with van der Waals surface area (Å²) in [7, 11) is 0. The molecule has 2 aromatic rings. The fourth-order valence-corrected chi connectivity index (χ4v) is 3.35. The third kappa shape index (κ3) is 2.81. The van der Waals surface area contributed by atoms with Gasteiger partial charge in [-0.05, 0) is 30.9 Å². The zero-order valence-electron chi connectivity index (χ0n) is 12.3. The third-order valence-electron chi connectivity index (χ3n) is 4.42. The molecule has 1 saturated carbocycles. The van der Waals surface area contributed by atoms with Gasteiger partial charge in [0.1, 0.15) is 5.58 Å². The lowest BCUT2D eigenvalue weighted by Gasteiger charge is -2.39. The van der Waals surface area contributed by atoms with E-state index >= 15 is 0 Å². The van der Waals surface area contributed by atoms with E-state index < -0.39 is 5.54 Å². The first-order valence-electron chi connectivity index (χ1n) is 7.54. The highest BCUT2D eigenvalue weighted by molar-refractivity contribution is 5.96. The molecule has 2 unspecified atom stereocenters. The molecule has 1 aromatic heterocycles. The molecule has 0 bridgehead atoms. The summed E-state index contributed by atoms with van der Waals surface area (Å²) in [6.07, 6.45) is 3.82. The van der Waals surface area contributed by atoms with Gasteiger partial charge in [0.15, 0.2) is 5.76 Å². The molecule has 1 aliphatic carbocycles. The summed E-state index contributed by atoms with van der Waals surface area (Å²) in [6, 6.07) is 9.31. The van der Waals surface area contributed by atoms with Crippen molar-refractivity contribution in [2.24, 2.45) is 5.92 Å². The van der Waals surface area contributed by atoms with Gasteiger partial charge in [-0.15, -0.1) is 0 Å². The van der Waals surface area contributed by atoms with E-state index in [1.807, 2.05) is 24.3 Å². The molecule has 21 heavy (non-hydrogen) atoms. The minimum atomic E-state index is -0.506. The molecule has 0 radical (unpaired) electrons. The van der Waals surface area contributed by atoms with Crippen molar-refractivity contribution in [2.45, 2.75) is 38.1 Å². The van der Waals surface area contributed by atoms with Gasteiger partial charge in [-0.2, -0.15) is 0 Å². The van der Waals surface area contributed by atoms with Crippen molar-refractivity contribution < 1.29 is 14.3 Å². The second-order valence-electron chi connectivity index (χ2n) is 6.24. The quantitative estimate of drug-likeness (QED) is 0.911. The molecule has 1 amide bonds. The van der Waals surface area contributed by atoms with E-state index in [-0.39, 0.29) is 12.5 Å². The number of aliphatic hydroxyl groups is 1. The van der Waals surface area contributed by atoms with Crippen molar-refractivity contribution >= 4 is 16.9 Å². The van der Waals surface area contributed by atoms with E-state index in [1.54, 1.807) is 6.07 Å². The molecule has 0 aliphatic heterocycles. The summed E-state index contributed by atoms with van der Waals surface area (Å²) in [5.41, 5.74) is 0.200. The molecule has 1 aromatic carbocycles. The Morgan fingerprint density at radius 3 is 3.00 bits per heavy atom. The SMILES string of the molecule is CC1CCCC(CO)(NC(=O)c2cc3ccccc3o2)C1. The number of amides is 1. The molecule has 3 rings (SSSR count). The number of benzene rings is 1. The van der Waals surface area contributed by atoms with Crippen LogP contribution in [0.3, 0.4) is 0 Å². The average Bonchev–Trinajstić information content (AvgIpc) is 2.91. The van der Waals surface area contributed by atoms with Crippen molar-refractivity contribution in [2.75, 3.05) is 6.61 Å². The van der Waals surface area contributed by atoms with Gasteiger partial charge in [-0.25, -0.2) is 0 Å². The molecule has 0 spiro atoms. The van der Waals surface area contributed by atoms with Crippen LogP contribution in [-0.4, -0.2) is 23.2 Å². The maximum absolute atomic E-state index is 12.4. The van der Waals surface area contributed by atoms with Gasteiger partial charge >= 0.3 is 0 Å². The largest absolute Gasteiger partial charge is 0.451 e. The summed E-state index contributed by atoms with van der Waals surface area (Å²) in [5, 5.41) is 13.7. The van der Waals surface area contributed by atoms with Gasteiger partial charge < -0.3 is 14.8 Å². The van der Waals surface area contributed by atoms with Crippen molar-refractivity contribution in [1.29, 1.82) is 0 Å². The third-order valence-corrected chi connectivity index (χ3v) is 4.42. The second kappa shape index (κ2) is 5.53. The van der Waals surface area contributed by atoms with Gasteiger partial charge in [0.2, 0.25) is 0 Å². The second-order valence-corrected chi connectivity index (χ2v) is 6.24. The predicted molar refractivity (Wildman–Crippen MR) is 81.1 cm³/mol. The first-order valence-corrected chi connectivity index (χ1v) is 7.54. The molecular formula is C17H21NO3. The van der Waals surface area contributed by atoms with Crippen LogP contribution in [0.5, 0.6) is 0 Å². The van der Waals surface area contributed by atoms with Crippen LogP contribution < -0.4 is 5.32 Å². The summed E-state index contributed by atoms with van der Waals surface area (Å²) in [5.74, 6) is 0.582. The van der Waals surface area contributed by atoms with Crippen LogP contribution in [0.2, 0.25) is 0 Å². The molecule has 1 heterocycles. The van der Waals surface area contributed by atoms with Crippen LogP contribution in [0.1, 0.15) is 43.2 Å². The van der Waals surface area contributed by atoms with E-state index in [0.29, 0.717) is 17.3 Å². The number of rotatable bonds is 3. The normalized spacial score (nSPS) is 25.9. The predicted octanol–water partition coefficient (Wildman–Crippen LogP) is 3.10. The molecule has 2 atom stereocenters. The molecule has 4 nitrogen and oxygen atoms in total. The Kier molecular flexibility index (Phi) is 3.72. The molecule has 1 fully saturated rings. The standard InChI is InChI=1S/C17H21NO3/c1-12-5-4-8-17(10-12,11-19)18-16(20)15-9-13-6-2-3-7-14(13)21-15/h2-3,6-7,9,12,19H,4-5,8,10-11H2,1H3,(H,18,20). The lowest BCUT2D eigenvalue weighted by molar-refractivity contribution is 0.0675. The summed E-state index contributed by atoms with van der Waals surface area (Å²) in [4.78, 5) is 12.4. The fraction of sp³-hybridized carbons (Fsp3) is 0.471. The van der Waals surface area contributed by atoms with E-state index in [0.717, 1.165) is 31.1 Å². The van der Waals surface area contributed by atoms with Crippen LogP contribution in [0, 0.1) is 5.92 Å². The minimum absolute atomic E-state index is 0.0245. The van der Waals surface area contributed by atoms with Crippen LogP contribution in [0.25, 0.3) is 11.0 Å². The number of hydrogen-bond donors (Lipinski definition) is 2. The Morgan fingerprint density at radius 1 is 1.48 bits per heavy atom. The number of hydrogen-bond acceptors (Lipinski definition) is 3. The first-order chi connectivity index (χ1) is 10.1. The van der Waals surface area contributed by atoms with E-state index in [4.69, 9.17) is 4.42 Å². The topological polar surface area (TPSA) is 62.5 Å². The van der Waals surface area contributed by atoms with Crippen molar-refractivity contribution in [3.8, 4) is 0 Å².